The lowest BCUT2D eigenvalue weighted by Crippen LogP contribution is -2.46. The van der Waals surface area contributed by atoms with Crippen LogP contribution in [-0.2, 0) is 21.4 Å². The van der Waals surface area contributed by atoms with Crippen molar-refractivity contribution in [2.75, 3.05) is 44.9 Å². The number of hydrogen-bond acceptors (Lipinski definition) is 4. The van der Waals surface area contributed by atoms with E-state index in [1.807, 2.05) is 55.1 Å². The van der Waals surface area contributed by atoms with Gasteiger partial charge in [0.05, 0.1) is 12.2 Å². The van der Waals surface area contributed by atoms with Gasteiger partial charge in [-0.3, -0.25) is 4.79 Å². The summed E-state index contributed by atoms with van der Waals surface area (Å²) in [6.07, 6.45) is 2.70. The molecule has 0 aromatic heterocycles. The molecule has 1 aliphatic rings. The summed E-state index contributed by atoms with van der Waals surface area (Å²) in [5, 5.41) is 0. The van der Waals surface area contributed by atoms with E-state index < -0.39 is 10.0 Å². The molecule has 1 aliphatic heterocycles. The average molecular weight is 368 g/mol. The van der Waals surface area contributed by atoms with Crippen LogP contribution < -0.4 is 4.90 Å². The van der Waals surface area contributed by atoms with Crippen LogP contribution in [0.25, 0.3) is 0 Å². The highest BCUT2D eigenvalue weighted by atomic mass is 32.2. The van der Waals surface area contributed by atoms with Crippen LogP contribution in [0.4, 0.5) is 5.69 Å². The minimum Gasteiger partial charge on any atom is -0.378 e. The number of carbonyl (C=O) groups excluding carboxylic acids is 1. The summed E-state index contributed by atoms with van der Waals surface area (Å²) >= 11 is 0. The van der Waals surface area contributed by atoms with Gasteiger partial charge in [-0.25, -0.2) is 12.7 Å². The van der Waals surface area contributed by atoms with Crippen LogP contribution >= 0.6 is 0 Å². The second kappa shape index (κ2) is 8.19. The maximum Gasteiger partial charge on any atom is 0.227 e. The van der Waals surface area contributed by atoms with Crippen LogP contribution in [-0.4, -0.2) is 63.5 Å². The molecule has 0 unspecified atom stereocenters. The molecular weight excluding hydrogens is 338 g/mol. The first kappa shape index (κ1) is 19.7. The Morgan fingerprint density at radius 1 is 1.24 bits per heavy atom. The minimum atomic E-state index is -3.24. The highest BCUT2D eigenvalue weighted by Crippen LogP contribution is 2.22. The van der Waals surface area contributed by atoms with E-state index in [0.717, 1.165) is 24.1 Å². The number of piperidine rings is 1. The van der Waals surface area contributed by atoms with Gasteiger partial charge in [-0.15, -0.1) is 0 Å². The second-order valence-corrected chi connectivity index (χ2v) is 8.86. The van der Waals surface area contributed by atoms with Crippen molar-refractivity contribution in [3.8, 4) is 0 Å². The minimum absolute atomic E-state index is 0.0486. The standard InChI is InChI=1S/C18H29N3O3S/c1-5-20(13-15-8-10-17(11-9-15)19(2)3)18(22)16-7-6-12-21(14-16)25(4,23)24/h8-11,16H,5-7,12-14H2,1-4H3/t16-/m0/s1. The van der Waals surface area contributed by atoms with Gasteiger partial charge in [0.2, 0.25) is 15.9 Å². The number of benzene rings is 1. The fourth-order valence-electron chi connectivity index (χ4n) is 3.17. The molecule has 140 valence electrons. The van der Waals surface area contributed by atoms with Crippen LogP contribution in [0.1, 0.15) is 25.3 Å². The first-order valence-corrected chi connectivity index (χ1v) is 10.6. The molecule has 0 bridgehead atoms. The van der Waals surface area contributed by atoms with Gasteiger partial charge in [-0.05, 0) is 37.5 Å². The van der Waals surface area contributed by atoms with E-state index in [4.69, 9.17) is 0 Å². The molecule has 0 radical (unpaired) electrons. The van der Waals surface area contributed by atoms with E-state index in [1.165, 1.54) is 10.6 Å². The molecule has 0 aliphatic carbocycles. The predicted molar refractivity (Wildman–Crippen MR) is 101 cm³/mol. The zero-order chi connectivity index (χ0) is 18.6. The average Bonchev–Trinajstić information content (AvgIpc) is 2.59. The third-order valence-electron chi connectivity index (χ3n) is 4.72. The van der Waals surface area contributed by atoms with Gasteiger partial charge < -0.3 is 9.80 Å². The topological polar surface area (TPSA) is 60.9 Å². The van der Waals surface area contributed by atoms with Crippen molar-refractivity contribution >= 4 is 21.6 Å². The van der Waals surface area contributed by atoms with E-state index in [9.17, 15) is 13.2 Å². The van der Waals surface area contributed by atoms with Gasteiger partial charge in [0.15, 0.2) is 0 Å². The summed E-state index contributed by atoms with van der Waals surface area (Å²) < 4.78 is 25.0. The van der Waals surface area contributed by atoms with Crippen molar-refractivity contribution in [1.82, 2.24) is 9.21 Å². The zero-order valence-electron chi connectivity index (χ0n) is 15.6. The number of rotatable bonds is 6. The largest absolute Gasteiger partial charge is 0.378 e. The monoisotopic (exact) mass is 367 g/mol. The molecule has 25 heavy (non-hydrogen) atoms. The SMILES string of the molecule is CCN(Cc1ccc(N(C)C)cc1)C(=O)[C@H]1CCCN(S(C)(=O)=O)C1. The van der Waals surface area contributed by atoms with Crippen LogP contribution in [0.2, 0.25) is 0 Å². The molecule has 0 N–H and O–H groups in total. The van der Waals surface area contributed by atoms with E-state index in [0.29, 0.717) is 26.2 Å². The van der Waals surface area contributed by atoms with Crippen molar-refractivity contribution in [2.24, 2.45) is 5.92 Å². The van der Waals surface area contributed by atoms with Crippen LogP contribution in [0, 0.1) is 5.92 Å². The van der Waals surface area contributed by atoms with Crippen molar-refractivity contribution in [3.63, 3.8) is 0 Å². The Morgan fingerprint density at radius 2 is 1.88 bits per heavy atom. The predicted octanol–water partition coefficient (Wildman–Crippen LogP) is 1.77. The Balaban J connectivity index is 2.05. The fraction of sp³-hybridized carbons (Fsp3) is 0.611. The first-order chi connectivity index (χ1) is 11.7. The third-order valence-corrected chi connectivity index (χ3v) is 5.99. The molecular formula is C18H29N3O3S. The Bertz CT molecular complexity index is 686. The maximum absolute atomic E-state index is 12.9. The second-order valence-electron chi connectivity index (χ2n) is 6.87. The summed E-state index contributed by atoms with van der Waals surface area (Å²) in [5.74, 6) is -0.197. The van der Waals surface area contributed by atoms with E-state index in [1.54, 1.807) is 0 Å². The molecule has 7 heteroatoms. The van der Waals surface area contributed by atoms with Crippen molar-refractivity contribution in [3.05, 3.63) is 29.8 Å². The number of nitrogens with zero attached hydrogens (tertiary/aromatic N) is 3. The zero-order valence-corrected chi connectivity index (χ0v) is 16.4. The summed E-state index contributed by atoms with van der Waals surface area (Å²) in [6, 6.07) is 8.16. The summed E-state index contributed by atoms with van der Waals surface area (Å²) in [4.78, 5) is 16.7. The van der Waals surface area contributed by atoms with Crippen LogP contribution in [0.5, 0.6) is 0 Å². The summed E-state index contributed by atoms with van der Waals surface area (Å²) in [5.41, 5.74) is 2.20. The number of amides is 1. The molecule has 1 heterocycles. The van der Waals surface area contributed by atoms with Gasteiger partial charge in [-0.2, -0.15) is 0 Å². The fourth-order valence-corrected chi connectivity index (χ4v) is 4.08. The molecule has 1 amide bonds. The van der Waals surface area contributed by atoms with Gasteiger partial charge in [0.1, 0.15) is 0 Å². The summed E-state index contributed by atoms with van der Waals surface area (Å²) in [7, 11) is 0.748. The molecule has 1 atom stereocenters. The van der Waals surface area contributed by atoms with Crippen molar-refractivity contribution < 1.29 is 13.2 Å². The molecule has 1 fully saturated rings. The first-order valence-electron chi connectivity index (χ1n) is 8.72. The maximum atomic E-state index is 12.9. The Morgan fingerprint density at radius 3 is 2.40 bits per heavy atom. The number of hydrogen-bond donors (Lipinski definition) is 0. The lowest BCUT2D eigenvalue weighted by atomic mass is 9.97. The van der Waals surface area contributed by atoms with Gasteiger partial charge in [0, 0.05) is 46.0 Å². The number of sulfonamides is 1. The molecule has 0 spiro atoms. The molecule has 1 aromatic carbocycles. The summed E-state index contributed by atoms with van der Waals surface area (Å²) in [6.45, 7) is 3.94. The van der Waals surface area contributed by atoms with Gasteiger partial charge in [-0.1, -0.05) is 12.1 Å². The van der Waals surface area contributed by atoms with Crippen molar-refractivity contribution in [1.29, 1.82) is 0 Å². The lowest BCUT2D eigenvalue weighted by molar-refractivity contribution is -0.137. The molecule has 0 saturated carbocycles. The smallest absolute Gasteiger partial charge is 0.227 e. The third kappa shape index (κ3) is 5.19. The highest BCUT2D eigenvalue weighted by Gasteiger charge is 2.32. The van der Waals surface area contributed by atoms with E-state index in [2.05, 4.69) is 0 Å². The van der Waals surface area contributed by atoms with E-state index >= 15 is 0 Å². The number of anilines is 1. The quantitative estimate of drug-likeness (QED) is 0.769. The molecule has 2 rings (SSSR count). The Labute approximate surface area is 151 Å². The van der Waals surface area contributed by atoms with Gasteiger partial charge >= 0.3 is 0 Å². The lowest BCUT2D eigenvalue weighted by Gasteiger charge is -2.33. The van der Waals surface area contributed by atoms with Crippen molar-refractivity contribution in [2.45, 2.75) is 26.3 Å². The van der Waals surface area contributed by atoms with Crippen LogP contribution in [0.15, 0.2) is 24.3 Å². The normalized spacial score (nSPS) is 18.8. The Hall–Kier alpha value is -1.60. The molecule has 6 nitrogen and oxygen atoms in total. The molecule has 1 saturated heterocycles. The molecule has 1 aromatic rings. The van der Waals surface area contributed by atoms with E-state index in [-0.39, 0.29) is 11.8 Å². The number of carbonyl (C=O) groups is 1. The highest BCUT2D eigenvalue weighted by molar-refractivity contribution is 7.88. The van der Waals surface area contributed by atoms with Crippen LogP contribution in [0.3, 0.4) is 0 Å². The Kier molecular flexibility index (Phi) is 6.46. The van der Waals surface area contributed by atoms with Gasteiger partial charge in [0.25, 0.3) is 0 Å².